The van der Waals surface area contributed by atoms with Gasteiger partial charge in [-0.2, -0.15) is 0 Å². The third-order valence-electron chi connectivity index (χ3n) is 3.09. The van der Waals surface area contributed by atoms with E-state index in [0.29, 0.717) is 19.2 Å². The van der Waals surface area contributed by atoms with Crippen LogP contribution in [0.5, 0.6) is 0 Å². The Morgan fingerprint density at radius 3 is 2.11 bits per heavy atom. The van der Waals surface area contributed by atoms with Crippen molar-refractivity contribution < 1.29 is 9.53 Å². The van der Waals surface area contributed by atoms with Gasteiger partial charge in [-0.05, 0) is 12.8 Å². The lowest BCUT2D eigenvalue weighted by molar-refractivity contribution is 0.155. The zero-order valence-corrected chi connectivity index (χ0v) is 12.0. The first kappa shape index (κ1) is 17.2. The highest BCUT2D eigenvalue weighted by Crippen LogP contribution is 2.10. The quantitative estimate of drug-likeness (QED) is 0.528. The van der Waals surface area contributed by atoms with Crippen LogP contribution >= 0.6 is 0 Å². The SMILES string of the molecule is CCCCCC(CCCCC)NCCOC(N)=O. The first-order chi connectivity index (χ1) is 8.70. The number of nitrogens with one attached hydrogen (secondary N) is 1. The van der Waals surface area contributed by atoms with Crippen LogP contribution in [-0.2, 0) is 4.74 Å². The number of amides is 1. The van der Waals surface area contributed by atoms with Crippen molar-refractivity contribution in [2.75, 3.05) is 13.2 Å². The highest BCUT2D eigenvalue weighted by atomic mass is 16.5. The number of rotatable bonds is 12. The molecule has 0 saturated carbocycles. The molecule has 0 saturated heterocycles. The summed E-state index contributed by atoms with van der Waals surface area (Å²) in [7, 11) is 0. The van der Waals surface area contributed by atoms with Crippen molar-refractivity contribution in [1.82, 2.24) is 5.32 Å². The Hall–Kier alpha value is -0.770. The van der Waals surface area contributed by atoms with Gasteiger partial charge in [0, 0.05) is 12.6 Å². The van der Waals surface area contributed by atoms with Crippen LogP contribution in [0.1, 0.15) is 65.2 Å². The van der Waals surface area contributed by atoms with Gasteiger partial charge in [-0.25, -0.2) is 4.79 Å². The molecular formula is C14H30N2O2. The second kappa shape index (κ2) is 12.7. The number of hydrogen-bond donors (Lipinski definition) is 2. The summed E-state index contributed by atoms with van der Waals surface area (Å²) in [6.45, 7) is 5.51. The standard InChI is InChI=1S/C14H30N2O2/c1-3-5-7-9-13(10-8-6-4-2)16-11-12-18-14(15)17/h13,16H,3-12H2,1-2H3,(H2,15,17). The number of unbranched alkanes of at least 4 members (excludes halogenated alkanes) is 4. The lowest BCUT2D eigenvalue weighted by atomic mass is 10.0. The molecule has 0 spiro atoms. The van der Waals surface area contributed by atoms with E-state index in [-0.39, 0.29) is 0 Å². The molecule has 0 bridgehead atoms. The van der Waals surface area contributed by atoms with Crippen molar-refractivity contribution in [2.45, 2.75) is 71.3 Å². The molecule has 0 aromatic carbocycles. The lowest BCUT2D eigenvalue weighted by Crippen LogP contribution is -2.33. The molecule has 0 heterocycles. The van der Waals surface area contributed by atoms with Gasteiger partial charge in [0.1, 0.15) is 6.61 Å². The zero-order chi connectivity index (χ0) is 13.6. The van der Waals surface area contributed by atoms with Crippen molar-refractivity contribution >= 4 is 6.09 Å². The van der Waals surface area contributed by atoms with Crippen molar-refractivity contribution in [3.05, 3.63) is 0 Å². The predicted molar refractivity (Wildman–Crippen MR) is 75.6 cm³/mol. The third-order valence-corrected chi connectivity index (χ3v) is 3.09. The summed E-state index contributed by atoms with van der Waals surface area (Å²) < 4.78 is 4.72. The molecule has 3 N–H and O–H groups in total. The van der Waals surface area contributed by atoms with Crippen molar-refractivity contribution in [3.63, 3.8) is 0 Å². The van der Waals surface area contributed by atoms with Crippen molar-refractivity contribution in [1.29, 1.82) is 0 Å². The van der Waals surface area contributed by atoms with Gasteiger partial charge in [-0.1, -0.05) is 52.4 Å². The van der Waals surface area contributed by atoms with Crippen LogP contribution in [-0.4, -0.2) is 25.3 Å². The minimum absolute atomic E-state index is 0.368. The molecule has 0 aliphatic rings. The Morgan fingerprint density at radius 1 is 1.11 bits per heavy atom. The van der Waals surface area contributed by atoms with Crippen LogP contribution in [0.15, 0.2) is 0 Å². The first-order valence-corrected chi connectivity index (χ1v) is 7.36. The minimum atomic E-state index is -0.690. The molecule has 108 valence electrons. The van der Waals surface area contributed by atoms with Gasteiger partial charge < -0.3 is 15.8 Å². The highest BCUT2D eigenvalue weighted by Gasteiger charge is 2.07. The maximum absolute atomic E-state index is 10.4. The fourth-order valence-corrected chi connectivity index (χ4v) is 2.04. The van der Waals surface area contributed by atoms with Gasteiger partial charge in [-0.15, -0.1) is 0 Å². The molecule has 0 fully saturated rings. The number of carbonyl (C=O) groups is 1. The van der Waals surface area contributed by atoms with E-state index in [9.17, 15) is 4.79 Å². The minimum Gasteiger partial charge on any atom is -0.448 e. The summed E-state index contributed by atoms with van der Waals surface area (Å²) in [6, 6.07) is 0.555. The van der Waals surface area contributed by atoms with Gasteiger partial charge >= 0.3 is 6.09 Å². The Balaban J connectivity index is 3.69. The molecule has 0 aliphatic heterocycles. The number of nitrogens with two attached hydrogens (primary N) is 1. The Labute approximate surface area is 112 Å². The number of carbonyl (C=O) groups excluding carboxylic acids is 1. The molecule has 0 rings (SSSR count). The third kappa shape index (κ3) is 11.7. The molecule has 0 radical (unpaired) electrons. The molecule has 18 heavy (non-hydrogen) atoms. The summed E-state index contributed by atoms with van der Waals surface area (Å²) in [6.07, 6.45) is 9.40. The molecule has 4 heteroatoms. The Morgan fingerprint density at radius 2 is 1.67 bits per heavy atom. The molecule has 0 unspecified atom stereocenters. The molecule has 4 nitrogen and oxygen atoms in total. The fraction of sp³-hybridized carbons (Fsp3) is 0.929. The largest absolute Gasteiger partial charge is 0.448 e. The summed E-state index contributed by atoms with van der Waals surface area (Å²) in [5.41, 5.74) is 4.92. The van der Waals surface area contributed by atoms with Crippen molar-refractivity contribution in [3.8, 4) is 0 Å². The molecule has 0 atom stereocenters. The van der Waals surface area contributed by atoms with Gasteiger partial charge in [0.25, 0.3) is 0 Å². The second-order valence-corrected chi connectivity index (χ2v) is 4.81. The summed E-state index contributed by atoms with van der Waals surface area (Å²) in [5, 5.41) is 3.46. The zero-order valence-electron chi connectivity index (χ0n) is 12.0. The molecule has 0 aliphatic carbocycles. The second-order valence-electron chi connectivity index (χ2n) is 4.81. The normalized spacial score (nSPS) is 10.8. The number of hydrogen-bond acceptors (Lipinski definition) is 3. The predicted octanol–water partition coefficient (Wildman–Crippen LogP) is 3.20. The highest BCUT2D eigenvalue weighted by molar-refractivity contribution is 5.64. The molecular weight excluding hydrogens is 228 g/mol. The topological polar surface area (TPSA) is 64.3 Å². The van der Waals surface area contributed by atoms with E-state index in [1.54, 1.807) is 0 Å². The summed E-state index contributed by atoms with van der Waals surface area (Å²) in [5.74, 6) is 0. The van der Waals surface area contributed by atoms with E-state index in [1.807, 2.05) is 0 Å². The van der Waals surface area contributed by atoms with Gasteiger partial charge in [-0.3, -0.25) is 0 Å². The molecule has 0 aromatic heterocycles. The van der Waals surface area contributed by atoms with E-state index in [1.165, 1.54) is 51.4 Å². The first-order valence-electron chi connectivity index (χ1n) is 7.36. The van der Waals surface area contributed by atoms with Crippen LogP contribution in [0.2, 0.25) is 0 Å². The Kier molecular flexibility index (Phi) is 12.1. The van der Waals surface area contributed by atoms with Crippen LogP contribution in [0.4, 0.5) is 4.79 Å². The van der Waals surface area contributed by atoms with E-state index in [4.69, 9.17) is 10.5 Å². The summed E-state index contributed by atoms with van der Waals surface area (Å²) in [4.78, 5) is 10.4. The van der Waals surface area contributed by atoms with E-state index in [0.717, 1.165) is 0 Å². The maximum Gasteiger partial charge on any atom is 0.404 e. The lowest BCUT2D eigenvalue weighted by Gasteiger charge is -2.18. The average molecular weight is 258 g/mol. The van der Waals surface area contributed by atoms with E-state index >= 15 is 0 Å². The number of primary amides is 1. The van der Waals surface area contributed by atoms with Crippen LogP contribution in [0.25, 0.3) is 0 Å². The smallest absolute Gasteiger partial charge is 0.404 e. The van der Waals surface area contributed by atoms with Crippen LogP contribution in [0, 0.1) is 0 Å². The van der Waals surface area contributed by atoms with E-state index < -0.39 is 6.09 Å². The Bertz CT molecular complexity index is 188. The van der Waals surface area contributed by atoms with E-state index in [2.05, 4.69) is 19.2 Å². The van der Waals surface area contributed by atoms with Crippen LogP contribution < -0.4 is 11.1 Å². The number of ether oxygens (including phenoxy) is 1. The monoisotopic (exact) mass is 258 g/mol. The van der Waals surface area contributed by atoms with Gasteiger partial charge in [0.15, 0.2) is 0 Å². The van der Waals surface area contributed by atoms with Gasteiger partial charge in [0.05, 0.1) is 0 Å². The fourth-order valence-electron chi connectivity index (χ4n) is 2.04. The summed E-state index contributed by atoms with van der Waals surface area (Å²) >= 11 is 0. The van der Waals surface area contributed by atoms with Crippen LogP contribution in [0.3, 0.4) is 0 Å². The molecule has 0 aromatic rings. The molecule has 1 amide bonds. The maximum atomic E-state index is 10.4. The van der Waals surface area contributed by atoms with Crippen molar-refractivity contribution in [2.24, 2.45) is 5.73 Å². The average Bonchev–Trinajstić information content (AvgIpc) is 2.34. The van der Waals surface area contributed by atoms with Gasteiger partial charge in [0.2, 0.25) is 0 Å².